The molecule has 71 heavy (non-hydrogen) atoms. The van der Waals surface area contributed by atoms with Crippen molar-refractivity contribution >= 4 is 11.6 Å². The smallest absolute Gasteiger partial charge is 0.157 e. The number of hydrogen-bond donors (Lipinski definition) is 0. The van der Waals surface area contributed by atoms with Gasteiger partial charge in [0.15, 0.2) is 12.6 Å². The molecule has 8 fully saturated rings. The van der Waals surface area contributed by atoms with Crippen LogP contribution in [0.2, 0.25) is 0 Å². The second-order valence-corrected chi connectivity index (χ2v) is 27.3. The van der Waals surface area contributed by atoms with Crippen LogP contribution in [0.4, 0.5) is 0 Å². The Labute approximate surface area is 432 Å². The van der Waals surface area contributed by atoms with E-state index in [1.165, 1.54) is 128 Å². The predicted molar refractivity (Wildman–Crippen MR) is 283 cm³/mol. The highest BCUT2D eigenvalue weighted by Gasteiger charge is 2.61. The number of carbonyl (C=O) groups excluding carboxylic acids is 2. The van der Waals surface area contributed by atoms with Crippen LogP contribution in [0, 0.1) is 80.8 Å². The van der Waals surface area contributed by atoms with E-state index >= 15 is 0 Å². The molecule has 10 unspecified atom stereocenters. The van der Waals surface area contributed by atoms with Crippen molar-refractivity contribution < 1.29 is 33.3 Å². The summed E-state index contributed by atoms with van der Waals surface area (Å²) in [6, 6.07) is 0. The summed E-state index contributed by atoms with van der Waals surface area (Å²) in [5.41, 5.74) is 4.50. The molecule has 6 saturated carbocycles. The Morgan fingerprint density at radius 2 is 0.986 bits per heavy atom. The van der Waals surface area contributed by atoms with Gasteiger partial charge in [-0.2, -0.15) is 0 Å². The molecular formula is C64H102O7. The van der Waals surface area contributed by atoms with Crippen molar-refractivity contribution in [2.45, 2.75) is 259 Å². The van der Waals surface area contributed by atoms with Crippen molar-refractivity contribution in [3.05, 3.63) is 23.3 Å². The Morgan fingerprint density at radius 1 is 0.535 bits per heavy atom. The summed E-state index contributed by atoms with van der Waals surface area (Å²) in [6.45, 7) is 17.4. The number of hydrogen-bond acceptors (Lipinski definition) is 7. The van der Waals surface area contributed by atoms with Gasteiger partial charge in [0.25, 0.3) is 0 Å². The van der Waals surface area contributed by atoms with Gasteiger partial charge in [-0.3, -0.25) is 9.59 Å². The van der Waals surface area contributed by atoms with Crippen molar-refractivity contribution in [3.63, 3.8) is 0 Å². The molecule has 2 saturated heterocycles. The summed E-state index contributed by atoms with van der Waals surface area (Å²) < 4.78 is 32.3. The molecule has 0 spiro atoms. The Morgan fingerprint density at radius 3 is 1.39 bits per heavy atom. The maximum atomic E-state index is 12.9. The van der Waals surface area contributed by atoms with E-state index in [0.717, 1.165) is 114 Å². The molecule has 2 aliphatic heterocycles. The second-order valence-electron chi connectivity index (χ2n) is 27.3. The van der Waals surface area contributed by atoms with Crippen molar-refractivity contribution in [3.8, 4) is 0 Å². The summed E-state index contributed by atoms with van der Waals surface area (Å²) in [6.07, 6.45) is 41.9. The van der Waals surface area contributed by atoms with Crippen LogP contribution in [0.25, 0.3) is 0 Å². The molecule has 400 valence electrons. The Balaban J connectivity index is 0.852. The quantitative estimate of drug-likeness (QED) is 0.0888. The minimum atomic E-state index is -0.00238. The molecule has 18 atom stereocenters. The van der Waals surface area contributed by atoms with Crippen LogP contribution in [0.1, 0.15) is 234 Å². The lowest BCUT2D eigenvalue weighted by Gasteiger charge is -2.59. The van der Waals surface area contributed by atoms with Gasteiger partial charge in [-0.15, -0.1) is 0 Å². The second kappa shape index (κ2) is 22.7. The molecule has 10 rings (SSSR count). The fraction of sp³-hybridized carbons (Fsp3) is 0.906. The zero-order valence-electron chi connectivity index (χ0n) is 46.1. The van der Waals surface area contributed by atoms with E-state index in [1.807, 2.05) is 13.8 Å². The van der Waals surface area contributed by atoms with Crippen LogP contribution >= 0.6 is 0 Å². The van der Waals surface area contributed by atoms with Crippen molar-refractivity contribution in [2.75, 3.05) is 26.4 Å². The first kappa shape index (κ1) is 53.0. The largest absolute Gasteiger partial charge is 0.374 e. The minimum absolute atomic E-state index is 0.00238. The predicted octanol–water partition coefficient (Wildman–Crippen LogP) is 15.5. The van der Waals surface area contributed by atoms with Gasteiger partial charge in [-0.1, -0.05) is 76.7 Å². The normalized spacial score (nSPS) is 43.9. The number of Topliss-reactive ketones (excluding diaryl/α,β-unsaturated/α-hetero) is 2. The maximum Gasteiger partial charge on any atom is 0.157 e. The molecule has 7 heteroatoms. The molecular weight excluding hydrogens is 881 g/mol. The van der Waals surface area contributed by atoms with Crippen molar-refractivity contribution in [2.24, 2.45) is 80.8 Å². The summed E-state index contributed by atoms with van der Waals surface area (Å²) in [4.78, 5) is 25.8. The van der Waals surface area contributed by atoms with E-state index in [0.29, 0.717) is 35.2 Å². The first-order chi connectivity index (χ1) is 34.3. The van der Waals surface area contributed by atoms with Gasteiger partial charge in [-0.25, -0.2) is 0 Å². The van der Waals surface area contributed by atoms with E-state index in [9.17, 15) is 9.59 Å². The third-order valence-corrected chi connectivity index (χ3v) is 23.8. The van der Waals surface area contributed by atoms with Crippen LogP contribution in [0.15, 0.2) is 23.3 Å². The summed E-state index contributed by atoms with van der Waals surface area (Å²) in [7, 11) is 0. The molecule has 0 bridgehead atoms. The third-order valence-electron chi connectivity index (χ3n) is 23.8. The third kappa shape index (κ3) is 10.7. The van der Waals surface area contributed by atoms with Crippen LogP contribution in [0.5, 0.6) is 0 Å². The molecule has 0 aromatic carbocycles. The van der Waals surface area contributed by atoms with Gasteiger partial charge in [-0.05, 0) is 250 Å². The van der Waals surface area contributed by atoms with Crippen LogP contribution in [-0.2, 0) is 33.3 Å². The number of ether oxygens (including phenoxy) is 5. The van der Waals surface area contributed by atoms with Crippen molar-refractivity contribution in [1.82, 2.24) is 0 Å². The Bertz CT molecular complexity index is 1750. The number of allylic oxidation sites excluding steroid dienone is 4. The minimum Gasteiger partial charge on any atom is -0.374 e. The van der Waals surface area contributed by atoms with E-state index in [2.05, 4.69) is 39.8 Å². The molecule has 0 aromatic heterocycles. The lowest BCUT2D eigenvalue weighted by Crippen LogP contribution is -2.51. The molecule has 0 amide bonds. The first-order valence-electron chi connectivity index (χ1n) is 30.8. The fourth-order valence-corrected chi connectivity index (χ4v) is 19.8. The first-order valence-corrected chi connectivity index (χ1v) is 30.8. The lowest BCUT2D eigenvalue weighted by atomic mass is 9.46. The number of ketones is 2. The topological polar surface area (TPSA) is 80.3 Å². The zero-order chi connectivity index (χ0) is 49.4. The highest BCUT2D eigenvalue weighted by Crippen LogP contribution is 2.69. The van der Waals surface area contributed by atoms with E-state index in [-0.39, 0.29) is 58.3 Å². The molecule has 10 aliphatic rings. The average molecular weight is 984 g/mol. The summed E-state index contributed by atoms with van der Waals surface area (Å²) >= 11 is 0. The Hall–Kier alpha value is -1.38. The van der Waals surface area contributed by atoms with Gasteiger partial charge in [0.2, 0.25) is 0 Å². The monoisotopic (exact) mass is 983 g/mol. The molecule has 8 aliphatic carbocycles. The van der Waals surface area contributed by atoms with E-state index < -0.39 is 0 Å². The molecule has 2 heterocycles. The van der Waals surface area contributed by atoms with Crippen molar-refractivity contribution in [1.29, 1.82) is 0 Å². The Kier molecular flexibility index (Phi) is 16.9. The summed E-state index contributed by atoms with van der Waals surface area (Å²) in [5, 5.41) is 0. The number of carbonyl (C=O) groups is 2. The average Bonchev–Trinajstić information content (AvgIpc) is 3.92. The van der Waals surface area contributed by atoms with E-state index in [4.69, 9.17) is 23.7 Å². The summed E-state index contributed by atoms with van der Waals surface area (Å²) in [5.74, 6) is 6.92. The zero-order valence-corrected chi connectivity index (χ0v) is 46.1. The van der Waals surface area contributed by atoms with Crippen LogP contribution in [0.3, 0.4) is 0 Å². The van der Waals surface area contributed by atoms with Crippen LogP contribution in [-0.4, -0.2) is 62.8 Å². The fourth-order valence-electron chi connectivity index (χ4n) is 19.8. The molecule has 7 nitrogen and oxygen atoms in total. The standard InChI is InChI=1S/C64H102O7/c1-43(65)51-25-27-53-49-23-21-47-41-45(29-33-61(47,3)55(49)31-35-63(51,53)5)57(17-9-7-13-37-67-59-19-11-15-39-69-59)71-58(18-10-8-14-38-68-60-20-12-16-40-70-60)46-30-34-62(4)48(42-46)22-24-50-54-28-26-52(44(2)66)64(54,6)36-32-56(50)62/h21-22,45-46,49-60H,7-20,23-42H2,1-6H3/t45-,46-,49?,50?,51+,52+,53?,54?,55?,56?,57?,58?,59?,60?,61-,62-,63+,64+/m0/s1. The number of unbranched alkanes of at least 4 members (excludes halogenated alkanes) is 4. The number of fused-ring (bicyclic) bond motifs is 10. The maximum absolute atomic E-state index is 12.9. The lowest BCUT2D eigenvalue weighted by molar-refractivity contribution is -0.163. The van der Waals surface area contributed by atoms with Gasteiger partial charge < -0.3 is 23.7 Å². The van der Waals surface area contributed by atoms with Gasteiger partial charge >= 0.3 is 0 Å². The van der Waals surface area contributed by atoms with Crippen LogP contribution < -0.4 is 0 Å². The van der Waals surface area contributed by atoms with Gasteiger partial charge in [0.1, 0.15) is 11.6 Å². The SMILES string of the molecule is CC(=O)[C@H]1CCC2C3CC=C4C[C@@H](C(CCCCCOC5CCCCO5)OC(CCCCCOC5CCCCO5)[C@H]5CC[C@@]6(C)C(=CCC7C6CC[C@@]6(C)C7CC[C@@H]6C(C)=O)C5)CC[C@]4(C)C3CC[C@@]21C. The van der Waals surface area contributed by atoms with Gasteiger partial charge in [0, 0.05) is 38.3 Å². The highest BCUT2D eigenvalue weighted by atomic mass is 16.7. The highest BCUT2D eigenvalue weighted by molar-refractivity contribution is 5.80. The molecule has 0 aromatic rings. The van der Waals surface area contributed by atoms with Gasteiger partial charge in [0.05, 0.1) is 12.2 Å². The molecule has 0 N–H and O–H groups in total. The van der Waals surface area contributed by atoms with E-state index in [1.54, 1.807) is 11.1 Å². The number of rotatable bonds is 20. The molecule has 0 radical (unpaired) electrons.